The molecule has 0 saturated heterocycles. The summed E-state index contributed by atoms with van der Waals surface area (Å²) in [5.41, 5.74) is 1.00. The molecular weight excluding hydrogens is 310 g/mol. The Morgan fingerprint density at radius 1 is 1.05 bits per heavy atom. The Bertz CT molecular complexity index is 711. The first-order valence-electron chi connectivity index (χ1n) is 6.12. The van der Waals surface area contributed by atoms with Crippen molar-refractivity contribution in [2.24, 2.45) is 5.14 Å². The molecule has 4 N–H and O–H groups in total. The molecule has 1 aromatic heterocycles. The molecule has 2 aromatic rings. The fourth-order valence-corrected chi connectivity index (χ4v) is 3.33. The number of carbonyl (C=O) groups is 1. The summed E-state index contributed by atoms with van der Waals surface area (Å²) < 4.78 is 22.4. The number of nitrogens with two attached hydrogens (primary N) is 1. The van der Waals surface area contributed by atoms with Crippen LogP contribution in [0.3, 0.4) is 0 Å². The Morgan fingerprint density at radius 2 is 1.71 bits per heavy atom. The zero-order valence-electron chi connectivity index (χ0n) is 11.1. The zero-order chi connectivity index (χ0) is 15.3. The molecule has 2 amide bonds. The summed E-state index contributed by atoms with van der Waals surface area (Å²) in [6.45, 7) is 0.681. The summed E-state index contributed by atoms with van der Waals surface area (Å²) in [5, 5.41) is 10.4. The molecule has 8 heteroatoms. The smallest absolute Gasteiger partial charge is 0.315 e. The molecule has 0 bridgehead atoms. The van der Waals surface area contributed by atoms with Crippen LogP contribution in [-0.4, -0.2) is 14.4 Å². The minimum atomic E-state index is -3.68. The highest BCUT2D eigenvalue weighted by molar-refractivity contribution is 7.91. The number of sulfonamides is 1. The van der Waals surface area contributed by atoms with Crippen LogP contribution in [-0.2, 0) is 23.1 Å². The molecule has 2 rings (SSSR count). The van der Waals surface area contributed by atoms with Gasteiger partial charge >= 0.3 is 6.03 Å². The minimum Gasteiger partial charge on any atom is -0.334 e. The van der Waals surface area contributed by atoms with Crippen LogP contribution >= 0.6 is 11.3 Å². The second-order valence-corrected chi connectivity index (χ2v) is 7.24. The maximum Gasteiger partial charge on any atom is 0.315 e. The number of hydrogen-bond acceptors (Lipinski definition) is 4. The van der Waals surface area contributed by atoms with Crippen molar-refractivity contribution in [2.75, 3.05) is 0 Å². The highest BCUT2D eigenvalue weighted by Crippen LogP contribution is 2.19. The van der Waals surface area contributed by atoms with Gasteiger partial charge in [0.2, 0.25) is 10.0 Å². The van der Waals surface area contributed by atoms with Crippen LogP contribution in [0.5, 0.6) is 0 Å². The Kier molecular flexibility index (Phi) is 4.94. The average molecular weight is 325 g/mol. The van der Waals surface area contributed by atoms with Crippen molar-refractivity contribution in [1.82, 2.24) is 10.6 Å². The van der Waals surface area contributed by atoms with Gasteiger partial charge in [0.1, 0.15) is 4.21 Å². The fraction of sp³-hybridized carbons (Fsp3) is 0.154. The van der Waals surface area contributed by atoms with E-state index in [2.05, 4.69) is 10.6 Å². The third-order valence-electron chi connectivity index (χ3n) is 2.64. The van der Waals surface area contributed by atoms with Gasteiger partial charge in [-0.3, -0.25) is 0 Å². The molecule has 0 saturated carbocycles. The third-order valence-corrected chi connectivity index (χ3v) is 5.16. The van der Waals surface area contributed by atoms with Crippen LogP contribution in [0, 0.1) is 0 Å². The number of primary sulfonamides is 1. The second kappa shape index (κ2) is 6.70. The Hall–Kier alpha value is -1.90. The second-order valence-electron chi connectivity index (χ2n) is 4.29. The molecule has 0 spiro atoms. The van der Waals surface area contributed by atoms with Crippen molar-refractivity contribution in [3.05, 3.63) is 52.9 Å². The van der Waals surface area contributed by atoms with Gasteiger partial charge in [-0.2, -0.15) is 0 Å². The predicted molar refractivity (Wildman–Crippen MR) is 81.2 cm³/mol. The lowest BCUT2D eigenvalue weighted by molar-refractivity contribution is 0.240. The van der Waals surface area contributed by atoms with E-state index in [0.29, 0.717) is 11.4 Å². The van der Waals surface area contributed by atoms with Gasteiger partial charge in [-0.25, -0.2) is 18.4 Å². The van der Waals surface area contributed by atoms with Crippen molar-refractivity contribution in [1.29, 1.82) is 0 Å². The van der Waals surface area contributed by atoms with Gasteiger partial charge in [0.25, 0.3) is 0 Å². The number of hydrogen-bond donors (Lipinski definition) is 3. The summed E-state index contributed by atoms with van der Waals surface area (Å²) >= 11 is 1.04. The molecule has 0 atom stereocenters. The predicted octanol–water partition coefficient (Wildman–Crippen LogP) is 1.39. The van der Waals surface area contributed by atoms with E-state index in [1.165, 1.54) is 6.07 Å². The van der Waals surface area contributed by atoms with Gasteiger partial charge in [-0.15, -0.1) is 11.3 Å². The highest BCUT2D eigenvalue weighted by atomic mass is 32.2. The monoisotopic (exact) mass is 325 g/mol. The Labute approximate surface area is 127 Å². The molecule has 1 heterocycles. The first-order chi connectivity index (χ1) is 9.95. The van der Waals surface area contributed by atoms with Gasteiger partial charge in [0.15, 0.2) is 0 Å². The lowest BCUT2D eigenvalue weighted by atomic mass is 10.2. The van der Waals surface area contributed by atoms with Gasteiger partial charge in [-0.1, -0.05) is 30.3 Å². The molecule has 21 heavy (non-hydrogen) atoms. The molecule has 0 aliphatic rings. The lowest BCUT2D eigenvalue weighted by Crippen LogP contribution is -2.34. The largest absolute Gasteiger partial charge is 0.334 e. The van der Waals surface area contributed by atoms with Crippen molar-refractivity contribution >= 4 is 27.4 Å². The maximum atomic E-state index is 11.6. The first-order valence-corrected chi connectivity index (χ1v) is 8.48. The number of benzene rings is 1. The number of amides is 2. The molecule has 112 valence electrons. The normalized spacial score (nSPS) is 11.1. The van der Waals surface area contributed by atoms with E-state index in [0.717, 1.165) is 16.9 Å². The Balaban J connectivity index is 1.80. The van der Waals surface area contributed by atoms with Gasteiger partial charge in [-0.05, 0) is 17.7 Å². The summed E-state index contributed by atoms with van der Waals surface area (Å²) in [6.07, 6.45) is 0. The zero-order valence-corrected chi connectivity index (χ0v) is 12.7. The van der Waals surface area contributed by atoms with Crippen molar-refractivity contribution in [2.45, 2.75) is 17.3 Å². The van der Waals surface area contributed by atoms with Crippen molar-refractivity contribution < 1.29 is 13.2 Å². The van der Waals surface area contributed by atoms with E-state index in [9.17, 15) is 13.2 Å². The fourth-order valence-electron chi connectivity index (χ4n) is 1.61. The van der Waals surface area contributed by atoms with Crippen LogP contribution in [0.15, 0.2) is 46.7 Å². The quantitative estimate of drug-likeness (QED) is 0.774. The van der Waals surface area contributed by atoms with E-state index in [1.807, 2.05) is 30.3 Å². The molecule has 6 nitrogen and oxygen atoms in total. The first kappa shape index (κ1) is 15.5. The molecule has 1 aromatic carbocycles. The van der Waals surface area contributed by atoms with E-state index < -0.39 is 10.0 Å². The summed E-state index contributed by atoms with van der Waals surface area (Å²) in [4.78, 5) is 12.3. The lowest BCUT2D eigenvalue weighted by Gasteiger charge is -2.06. The number of urea groups is 1. The van der Waals surface area contributed by atoms with Crippen LogP contribution in [0.1, 0.15) is 10.4 Å². The van der Waals surface area contributed by atoms with E-state index in [4.69, 9.17) is 5.14 Å². The van der Waals surface area contributed by atoms with Crippen LogP contribution < -0.4 is 15.8 Å². The van der Waals surface area contributed by atoms with E-state index >= 15 is 0 Å². The topological polar surface area (TPSA) is 101 Å². The molecule has 0 aliphatic heterocycles. The van der Waals surface area contributed by atoms with Gasteiger partial charge in [0, 0.05) is 11.4 Å². The van der Waals surface area contributed by atoms with Crippen LogP contribution in [0.25, 0.3) is 0 Å². The molecule has 0 fully saturated rings. The SMILES string of the molecule is NS(=O)(=O)c1ccc(CNC(=O)NCc2ccccc2)s1. The van der Waals surface area contributed by atoms with E-state index in [-0.39, 0.29) is 16.8 Å². The highest BCUT2D eigenvalue weighted by Gasteiger charge is 2.11. The summed E-state index contributed by atoms with van der Waals surface area (Å²) in [6, 6.07) is 12.3. The molecule has 0 aliphatic carbocycles. The maximum absolute atomic E-state index is 11.6. The van der Waals surface area contributed by atoms with Gasteiger partial charge in [0.05, 0.1) is 6.54 Å². The van der Waals surface area contributed by atoms with Gasteiger partial charge < -0.3 is 10.6 Å². The summed E-state index contributed by atoms with van der Waals surface area (Å²) in [7, 11) is -3.68. The van der Waals surface area contributed by atoms with Crippen molar-refractivity contribution in [3.63, 3.8) is 0 Å². The Morgan fingerprint density at radius 3 is 2.33 bits per heavy atom. The van der Waals surface area contributed by atoms with E-state index in [1.54, 1.807) is 6.07 Å². The number of rotatable bonds is 5. The van der Waals surface area contributed by atoms with Crippen molar-refractivity contribution in [3.8, 4) is 0 Å². The number of nitrogens with one attached hydrogen (secondary N) is 2. The summed E-state index contributed by atoms with van der Waals surface area (Å²) in [5.74, 6) is 0. The van der Waals surface area contributed by atoms with Crippen LogP contribution in [0.2, 0.25) is 0 Å². The minimum absolute atomic E-state index is 0.0870. The standard InChI is InChI=1S/C13H15N3O3S2/c14-21(18,19)12-7-6-11(20-12)9-16-13(17)15-8-10-4-2-1-3-5-10/h1-7H,8-9H2,(H2,14,18,19)(H2,15,16,17). The molecule has 0 unspecified atom stereocenters. The average Bonchev–Trinajstić information content (AvgIpc) is 2.93. The third kappa shape index (κ3) is 4.85. The molecule has 0 radical (unpaired) electrons. The van der Waals surface area contributed by atoms with Crippen LogP contribution in [0.4, 0.5) is 4.79 Å². The number of carbonyl (C=O) groups excluding carboxylic acids is 1. The molecular formula is C13H15N3O3S2. The number of thiophene rings is 1.